The van der Waals surface area contributed by atoms with E-state index < -0.39 is 0 Å². The lowest BCUT2D eigenvalue weighted by Gasteiger charge is -2.20. The van der Waals surface area contributed by atoms with Crippen LogP contribution in [0.5, 0.6) is 0 Å². The Morgan fingerprint density at radius 1 is 1.64 bits per heavy atom. The molecular weight excluding hydrogens is 138 g/mol. The Labute approximate surface area is 69.5 Å². The Balaban J connectivity index is 3.93. The van der Waals surface area contributed by atoms with E-state index in [1.54, 1.807) is 0 Å². The fourth-order valence-corrected chi connectivity index (χ4v) is 0.649. The van der Waals surface area contributed by atoms with Crippen LogP contribution in [-0.4, -0.2) is 31.0 Å². The highest BCUT2D eigenvalue weighted by Crippen LogP contribution is 1.99. The quantitative estimate of drug-likeness (QED) is 0.379. The summed E-state index contributed by atoms with van der Waals surface area (Å²) in [4.78, 5) is 0. The fraction of sp³-hybridized carbons (Fsp3) is 0.875. The van der Waals surface area contributed by atoms with Gasteiger partial charge in [0, 0.05) is 20.1 Å². The van der Waals surface area contributed by atoms with Gasteiger partial charge in [-0.2, -0.15) is 5.10 Å². The summed E-state index contributed by atoms with van der Waals surface area (Å²) in [6.45, 7) is 6.27. The van der Waals surface area contributed by atoms with Crippen molar-refractivity contribution in [2.45, 2.75) is 33.2 Å². The molecule has 3 heteroatoms. The molecule has 0 radical (unpaired) electrons. The van der Waals surface area contributed by atoms with Crippen molar-refractivity contribution in [1.29, 1.82) is 0 Å². The molecule has 1 unspecified atom stereocenters. The molecule has 0 heterocycles. The van der Waals surface area contributed by atoms with Crippen LogP contribution in [0.25, 0.3) is 0 Å². The van der Waals surface area contributed by atoms with Gasteiger partial charge in [0.15, 0.2) is 0 Å². The van der Waals surface area contributed by atoms with E-state index in [1.165, 1.54) is 0 Å². The van der Waals surface area contributed by atoms with Crippen LogP contribution in [0, 0.1) is 0 Å². The molecule has 0 spiro atoms. The van der Waals surface area contributed by atoms with E-state index in [-0.39, 0.29) is 0 Å². The second-order valence-corrected chi connectivity index (χ2v) is 2.77. The standard InChI is InChI=1S/C8H19N3/c1-6-7(2)11(5)10-8(3)9-4/h7H,6H2,1-5H3,(H,9,10). The molecule has 3 nitrogen and oxygen atoms in total. The van der Waals surface area contributed by atoms with Gasteiger partial charge in [0.1, 0.15) is 5.84 Å². The van der Waals surface area contributed by atoms with E-state index in [4.69, 9.17) is 0 Å². The van der Waals surface area contributed by atoms with E-state index in [0.29, 0.717) is 6.04 Å². The number of hydrogen-bond donors (Lipinski definition) is 1. The molecule has 0 aromatic rings. The number of amidine groups is 1. The van der Waals surface area contributed by atoms with Crippen LogP contribution in [0.1, 0.15) is 27.2 Å². The highest BCUT2D eigenvalue weighted by atomic mass is 15.5. The third-order valence-electron chi connectivity index (χ3n) is 1.90. The fourth-order valence-electron chi connectivity index (χ4n) is 0.649. The minimum atomic E-state index is 0.512. The van der Waals surface area contributed by atoms with E-state index in [0.717, 1.165) is 12.3 Å². The predicted octanol–water partition coefficient (Wildman–Crippen LogP) is 1.27. The minimum Gasteiger partial charge on any atom is -0.375 e. The van der Waals surface area contributed by atoms with Crippen molar-refractivity contribution in [2.24, 2.45) is 5.10 Å². The van der Waals surface area contributed by atoms with Crippen molar-refractivity contribution in [3.63, 3.8) is 0 Å². The zero-order valence-electron chi connectivity index (χ0n) is 8.18. The first-order valence-corrected chi connectivity index (χ1v) is 4.07. The van der Waals surface area contributed by atoms with Gasteiger partial charge in [-0.25, -0.2) is 0 Å². The lowest BCUT2D eigenvalue weighted by Crippen LogP contribution is -2.27. The molecule has 0 aromatic heterocycles. The third kappa shape index (κ3) is 3.86. The van der Waals surface area contributed by atoms with Gasteiger partial charge in [0.25, 0.3) is 0 Å². The smallest absolute Gasteiger partial charge is 0.119 e. The van der Waals surface area contributed by atoms with Crippen molar-refractivity contribution in [2.75, 3.05) is 14.1 Å². The summed E-state index contributed by atoms with van der Waals surface area (Å²) in [5.41, 5.74) is 0. The van der Waals surface area contributed by atoms with Crippen molar-refractivity contribution >= 4 is 5.84 Å². The van der Waals surface area contributed by atoms with E-state index in [1.807, 2.05) is 26.0 Å². The van der Waals surface area contributed by atoms with Gasteiger partial charge in [0.2, 0.25) is 0 Å². The average Bonchev–Trinajstić information content (AvgIpc) is 2.02. The van der Waals surface area contributed by atoms with Crippen LogP contribution in [0.2, 0.25) is 0 Å². The molecule has 0 fully saturated rings. The van der Waals surface area contributed by atoms with Crippen molar-refractivity contribution in [1.82, 2.24) is 10.3 Å². The molecule has 0 saturated heterocycles. The first kappa shape index (κ1) is 10.3. The number of nitrogens with zero attached hydrogens (tertiary/aromatic N) is 2. The maximum Gasteiger partial charge on any atom is 0.119 e. The first-order valence-electron chi connectivity index (χ1n) is 4.07. The highest BCUT2D eigenvalue weighted by molar-refractivity contribution is 5.78. The minimum absolute atomic E-state index is 0.512. The number of rotatable bonds is 3. The molecule has 1 N–H and O–H groups in total. The molecule has 0 aliphatic heterocycles. The summed E-state index contributed by atoms with van der Waals surface area (Å²) in [5.74, 6) is 0.952. The van der Waals surface area contributed by atoms with Gasteiger partial charge in [-0.05, 0) is 20.3 Å². The number of hydrogen-bond acceptors (Lipinski definition) is 2. The molecule has 11 heavy (non-hydrogen) atoms. The van der Waals surface area contributed by atoms with Gasteiger partial charge >= 0.3 is 0 Å². The lowest BCUT2D eigenvalue weighted by atomic mass is 10.3. The van der Waals surface area contributed by atoms with Gasteiger partial charge in [-0.3, -0.25) is 5.01 Å². The zero-order valence-corrected chi connectivity index (χ0v) is 8.18. The second-order valence-electron chi connectivity index (χ2n) is 2.77. The van der Waals surface area contributed by atoms with Gasteiger partial charge in [0.05, 0.1) is 0 Å². The Morgan fingerprint density at radius 3 is 2.55 bits per heavy atom. The summed E-state index contributed by atoms with van der Waals surface area (Å²) in [6.07, 6.45) is 1.12. The lowest BCUT2D eigenvalue weighted by molar-refractivity contribution is 0.263. The molecule has 1 atom stereocenters. The van der Waals surface area contributed by atoms with Crippen LogP contribution in [-0.2, 0) is 0 Å². The predicted molar refractivity (Wildman–Crippen MR) is 49.7 cm³/mol. The summed E-state index contributed by atoms with van der Waals surface area (Å²) in [6, 6.07) is 0.512. The highest BCUT2D eigenvalue weighted by Gasteiger charge is 2.02. The Hall–Kier alpha value is -0.730. The second kappa shape index (κ2) is 4.99. The average molecular weight is 157 g/mol. The molecule has 0 rings (SSSR count). The normalized spacial score (nSPS) is 14.5. The van der Waals surface area contributed by atoms with Crippen LogP contribution < -0.4 is 5.32 Å². The molecule has 0 aliphatic rings. The van der Waals surface area contributed by atoms with Gasteiger partial charge in [-0.15, -0.1) is 0 Å². The van der Waals surface area contributed by atoms with Crippen LogP contribution in [0.4, 0.5) is 0 Å². The topological polar surface area (TPSA) is 27.6 Å². The third-order valence-corrected chi connectivity index (χ3v) is 1.90. The number of hydrazone groups is 1. The SMILES string of the molecule is CCC(C)N(C)/N=C(/C)NC. The molecule has 0 bridgehead atoms. The summed E-state index contributed by atoms with van der Waals surface area (Å²) < 4.78 is 0. The van der Waals surface area contributed by atoms with Gasteiger partial charge < -0.3 is 5.32 Å². The molecule has 0 aromatic carbocycles. The van der Waals surface area contributed by atoms with Crippen molar-refractivity contribution < 1.29 is 0 Å². The molecule has 0 aliphatic carbocycles. The molecule has 66 valence electrons. The van der Waals surface area contributed by atoms with Crippen molar-refractivity contribution in [3.05, 3.63) is 0 Å². The maximum absolute atomic E-state index is 4.31. The summed E-state index contributed by atoms with van der Waals surface area (Å²) in [7, 11) is 3.87. The van der Waals surface area contributed by atoms with Crippen LogP contribution >= 0.6 is 0 Å². The van der Waals surface area contributed by atoms with Crippen LogP contribution in [0.3, 0.4) is 0 Å². The summed E-state index contributed by atoms with van der Waals surface area (Å²) in [5, 5.41) is 9.27. The number of nitrogens with one attached hydrogen (secondary N) is 1. The Kier molecular flexibility index (Phi) is 4.66. The monoisotopic (exact) mass is 157 g/mol. The van der Waals surface area contributed by atoms with E-state index in [9.17, 15) is 0 Å². The largest absolute Gasteiger partial charge is 0.375 e. The van der Waals surface area contributed by atoms with Crippen molar-refractivity contribution in [3.8, 4) is 0 Å². The zero-order chi connectivity index (χ0) is 8.85. The molecular formula is C8H19N3. The first-order chi connectivity index (χ1) is 5.11. The molecule has 0 saturated carbocycles. The van der Waals surface area contributed by atoms with E-state index in [2.05, 4.69) is 24.3 Å². The van der Waals surface area contributed by atoms with Gasteiger partial charge in [-0.1, -0.05) is 6.92 Å². The Morgan fingerprint density at radius 2 is 2.18 bits per heavy atom. The van der Waals surface area contributed by atoms with E-state index >= 15 is 0 Å². The summed E-state index contributed by atoms with van der Waals surface area (Å²) >= 11 is 0. The maximum atomic E-state index is 4.31. The van der Waals surface area contributed by atoms with Crippen LogP contribution in [0.15, 0.2) is 5.10 Å². The Bertz CT molecular complexity index is 131. The molecule has 0 amide bonds.